The first-order valence-electron chi connectivity index (χ1n) is 12.7. The van der Waals surface area contributed by atoms with Crippen LogP contribution in [0.2, 0.25) is 0 Å². The van der Waals surface area contributed by atoms with Crippen LogP contribution in [0.15, 0.2) is 91.0 Å². The lowest BCUT2D eigenvalue weighted by atomic mass is 9.83. The third-order valence-electron chi connectivity index (χ3n) is 7.87. The summed E-state index contributed by atoms with van der Waals surface area (Å²) in [6.45, 7) is 10.1. The van der Waals surface area contributed by atoms with Crippen LogP contribution in [-0.2, 0) is 12.0 Å². The number of para-hydroxylation sites is 1. The Morgan fingerprint density at radius 1 is 0.600 bits per heavy atom. The number of hydrogen-bond acceptors (Lipinski definition) is 0. The second-order valence-corrected chi connectivity index (χ2v) is 10.9. The van der Waals surface area contributed by atoms with E-state index in [2.05, 4.69) is 123 Å². The molecule has 0 saturated carbocycles. The average Bonchev–Trinajstić information content (AvgIpc) is 3.19. The van der Waals surface area contributed by atoms with Gasteiger partial charge in [0.1, 0.15) is 0 Å². The van der Waals surface area contributed by atoms with Gasteiger partial charge in [0, 0.05) is 28.4 Å². The maximum atomic E-state index is 2.44. The second kappa shape index (κ2) is 7.09. The van der Waals surface area contributed by atoms with Gasteiger partial charge in [-0.2, -0.15) is 0 Å². The summed E-state index contributed by atoms with van der Waals surface area (Å²) < 4.78 is 2.44. The van der Waals surface area contributed by atoms with Crippen molar-refractivity contribution < 1.29 is 0 Å². The highest BCUT2D eigenvalue weighted by atomic mass is 15.0. The quantitative estimate of drug-likeness (QED) is 0.231. The monoisotopic (exact) mass is 451 g/mol. The van der Waals surface area contributed by atoms with Crippen molar-refractivity contribution in [3.05, 3.63) is 96.6 Å². The van der Waals surface area contributed by atoms with Crippen LogP contribution in [0.1, 0.15) is 33.3 Å². The number of fused-ring (bicyclic) bond motifs is 3. The van der Waals surface area contributed by atoms with Crippen molar-refractivity contribution in [2.24, 2.45) is 0 Å². The number of rotatable bonds is 2. The first-order chi connectivity index (χ1) is 16.9. The summed E-state index contributed by atoms with van der Waals surface area (Å²) in [6, 6.07) is 34.4. The predicted molar refractivity (Wildman–Crippen MR) is 153 cm³/mol. The van der Waals surface area contributed by atoms with Gasteiger partial charge in [0.15, 0.2) is 0 Å². The molecule has 1 nitrogen and oxygen atoms in total. The molecule has 7 aromatic rings. The number of hydrogen-bond donors (Lipinski definition) is 0. The van der Waals surface area contributed by atoms with Gasteiger partial charge >= 0.3 is 0 Å². The number of aryl methyl sites for hydroxylation is 1. The number of aromatic nitrogens is 1. The Balaban J connectivity index is 1.53. The zero-order chi connectivity index (χ0) is 23.9. The summed E-state index contributed by atoms with van der Waals surface area (Å²) in [7, 11) is 0. The topological polar surface area (TPSA) is 4.93 Å². The number of benzene rings is 6. The lowest BCUT2D eigenvalue weighted by molar-refractivity contribution is 0.591. The Labute approximate surface area is 205 Å². The van der Waals surface area contributed by atoms with E-state index in [0.29, 0.717) is 0 Å². The highest BCUT2D eigenvalue weighted by Crippen LogP contribution is 2.42. The molecule has 0 N–H and O–H groups in total. The summed E-state index contributed by atoms with van der Waals surface area (Å²) in [5.41, 5.74) is 6.73. The van der Waals surface area contributed by atoms with Gasteiger partial charge in [0.05, 0.1) is 0 Å². The molecule has 1 heteroatoms. The molecule has 7 rings (SSSR count). The van der Waals surface area contributed by atoms with Crippen molar-refractivity contribution in [1.82, 2.24) is 4.57 Å². The van der Waals surface area contributed by atoms with E-state index >= 15 is 0 Å². The standard InChI is InChI=1S/C34H29N/c1-5-35-30-9-7-6-8-27(30)28-16-13-22(20-31(28)35)26-15-12-21-10-11-23-18-25(34(2,3)4)19-24-14-17-29(26)33(21)32(23)24/h6-20H,5H2,1-4H3. The summed E-state index contributed by atoms with van der Waals surface area (Å²) in [5.74, 6) is 0. The smallest absolute Gasteiger partial charge is 0.0497 e. The minimum atomic E-state index is 0.128. The van der Waals surface area contributed by atoms with Gasteiger partial charge in [0.2, 0.25) is 0 Å². The zero-order valence-electron chi connectivity index (χ0n) is 20.8. The second-order valence-electron chi connectivity index (χ2n) is 10.9. The van der Waals surface area contributed by atoms with Crippen LogP contribution >= 0.6 is 0 Å². The van der Waals surface area contributed by atoms with Crippen LogP contribution in [0.5, 0.6) is 0 Å². The van der Waals surface area contributed by atoms with Gasteiger partial charge in [-0.25, -0.2) is 0 Å². The third-order valence-corrected chi connectivity index (χ3v) is 7.87. The van der Waals surface area contributed by atoms with E-state index in [9.17, 15) is 0 Å². The molecule has 0 spiro atoms. The van der Waals surface area contributed by atoms with E-state index in [1.165, 1.54) is 70.8 Å². The molecule has 6 aromatic carbocycles. The van der Waals surface area contributed by atoms with Crippen LogP contribution in [-0.4, -0.2) is 4.57 Å². The molecule has 0 atom stereocenters. The van der Waals surface area contributed by atoms with Gasteiger partial charge in [-0.1, -0.05) is 99.6 Å². The Morgan fingerprint density at radius 3 is 2.03 bits per heavy atom. The summed E-state index contributed by atoms with van der Waals surface area (Å²) in [4.78, 5) is 0. The predicted octanol–water partition coefficient (Wildman–Crippen LogP) is 9.68. The molecule has 0 aliphatic rings. The molecule has 0 bridgehead atoms. The van der Waals surface area contributed by atoms with E-state index < -0.39 is 0 Å². The van der Waals surface area contributed by atoms with Crippen molar-refractivity contribution in [3.63, 3.8) is 0 Å². The molecular formula is C34H29N. The van der Waals surface area contributed by atoms with E-state index in [1.807, 2.05) is 0 Å². The highest BCUT2D eigenvalue weighted by molar-refractivity contribution is 6.25. The van der Waals surface area contributed by atoms with Crippen LogP contribution in [0.3, 0.4) is 0 Å². The van der Waals surface area contributed by atoms with Crippen LogP contribution in [0.4, 0.5) is 0 Å². The zero-order valence-corrected chi connectivity index (χ0v) is 20.8. The van der Waals surface area contributed by atoms with Crippen LogP contribution < -0.4 is 0 Å². The highest BCUT2D eigenvalue weighted by Gasteiger charge is 2.18. The SMILES string of the molecule is CCn1c2ccccc2c2ccc(-c3ccc4ccc5cc(C(C)(C)C)cc6ccc3c4c56)cc21. The minimum Gasteiger partial charge on any atom is -0.341 e. The molecule has 0 radical (unpaired) electrons. The molecule has 1 heterocycles. The van der Waals surface area contributed by atoms with Crippen molar-refractivity contribution in [1.29, 1.82) is 0 Å². The fourth-order valence-electron chi connectivity index (χ4n) is 6.06. The van der Waals surface area contributed by atoms with E-state index in [0.717, 1.165) is 6.54 Å². The lowest BCUT2D eigenvalue weighted by Gasteiger charge is -2.22. The summed E-state index contributed by atoms with van der Waals surface area (Å²) in [5, 5.41) is 10.8. The molecule has 0 aliphatic heterocycles. The Kier molecular flexibility index (Phi) is 4.16. The van der Waals surface area contributed by atoms with Crippen molar-refractivity contribution >= 4 is 54.1 Å². The first-order valence-corrected chi connectivity index (χ1v) is 12.7. The third kappa shape index (κ3) is 2.88. The van der Waals surface area contributed by atoms with E-state index in [4.69, 9.17) is 0 Å². The molecule has 0 saturated heterocycles. The normalized spacial score (nSPS) is 12.7. The maximum absolute atomic E-state index is 2.44. The Bertz CT molecular complexity index is 1890. The van der Waals surface area contributed by atoms with Crippen molar-refractivity contribution in [2.75, 3.05) is 0 Å². The van der Waals surface area contributed by atoms with E-state index in [1.54, 1.807) is 0 Å². The Morgan fingerprint density at radius 2 is 1.26 bits per heavy atom. The van der Waals surface area contributed by atoms with Gasteiger partial charge in [-0.05, 0) is 73.5 Å². The molecule has 0 amide bonds. The molecule has 0 unspecified atom stereocenters. The maximum Gasteiger partial charge on any atom is 0.0497 e. The molecule has 1 aromatic heterocycles. The fraction of sp³-hybridized carbons (Fsp3) is 0.176. The largest absolute Gasteiger partial charge is 0.341 e. The lowest BCUT2D eigenvalue weighted by Crippen LogP contribution is -2.10. The van der Waals surface area contributed by atoms with Crippen molar-refractivity contribution in [3.8, 4) is 11.1 Å². The minimum absolute atomic E-state index is 0.128. The summed E-state index contributed by atoms with van der Waals surface area (Å²) in [6.07, 6.45) is 0. The molecule has 0 aliphatic carbocycles. The Hall–Kier alpha value is -3.84. The van der Waals surface area contributed by atoms with Gasteiger partial charge in [-0.15, -0.1) is 0 Å². The fourth-order valence-corrected chi connectivity index (χ4v) is 6.06. The molecule has 170 valence electrons. The van der Waals surface area contributed by atoms with Gasteiger partial charge < -0.3 is 4.57 Å². The van der Waals surface area contributed by atoms with Gasteiger partial charge in [-0.3, -0.25) is 0 Å². The molecule has 35 heavy (non-hydrogen) atoms. The van der Waals surface area contributed by atoms with Gasteiger partial charge in [0.25, 0.3) is 0 Å². The average molecular weight is 452 g/mol. The molecule has 0 fully saturated rings. The van der Waals surface area contributed by atoms with Crippen molar-refractivity contribution in [2.45, 2.75) is 39.7 Å². The number of nitrogens with zero attached hydrogens (tertiary/aromatic N) is 1. The first kappa shape index (κ1) is 20.5. The van der Waals surface area contributed by atoms with Crippen LogP contribution in [0.25, 0.3) is 65.3 Å². The summed E-state index contributed by atoms with van der Waals surface area (Å²) >= 11 is 0. The molecular weight excluding hydrogens is 422 g/mol. The van der Waals surface area contributed by atoms with E-state index in [-0.39, 0.29) is 5.41 Å². The van der Waals surface area contributed by atoms with Crippen LogP contribution in [0, 0.1) is 0 Å².